The van der Waals surface area contributed by atoms with E-state index in [9.17, 15) is 4.57 Å². The van der Waals surface area contributed by atoms with Crippen molar-refractivity contribution in [1.82, 2.24) is 10.1 Å². The number of rotatable bonds is 6. The molecular weight excluding hydrogens is 391 g/mol. The van der Waals surface area contributed by atoms with Crippen molar-refractivity contribution in [2.45, 2.75) is 32.1 Å². The minimum Gasteiger partial charge on any atom is -0.297 e. The molecule has 0 spiro atoms. The van der Waals surface area contributed by atoms with E-state index in [1.54, 1.807) is 12.4 Å². The number of benzene rings is 2. The van der Waals surface area contributed by atoms with Crippen LogP contribution in [0.2, 0.25) is 19.6 Å². The summed E-state index contributed by atoms with van der Waals surface area (Å²) in [6, 6.07) is 23.1. The van der Waals surface area contributed by atoms with E-state index in [0.29, 0.717) is 6.42 Å². The summed E-state index contributed by atoms with van der Waals surface area (Å²) in [6.45, 7) is 6.69. The maximum atomic E-state index is 14.4. The first kappa shape index (κ1) is 21.3. The van der Waals surface area contributed by atoms with E-state index in [1.165, 1.54) is 0 Å². The summed E-state index contributed by atoms with van der Waals surface area (Å²) >= 11 is 0. The molecule has 0 aliphatic rings. The number of nitrogens with zero attached hydrogens (tertiary/aromatic N) is 1. The summed E-state index contributed by atoms with van der Waals surface area (Å²) < 4.78 is 14.4. The lowest BCUT2D eigenvalue weighted by Gasteiger charge is -2.26. The molecule has 0 bridgehead atoms. The molecule has 0 saturated heterocycles. The summed E-state index contributed by atoms with van der Waals surface area (Å²) in [4.78, 5) is 4.13. The number of hydrogen-bond acceptors (Lipinski definition) is 2. The van der Waals surface area contributed by atoms with Gasteiger partial charge in [-0.3, -0.25) is 14.6 Å². The summed E-state index contributed by atoms with van der Waals surface area (Å²) in [6.07, 6.45) is 4.13. The Morgan fingerprint density at radius 1 is 0.897 bits per heavy atom. The van der Waals surface area contributed by atoms with E-state index in [0.717, 1.165) is 16.2 Å². The van der Waals surface area contributed by atoms with Crippen molar-refractivity contribution in [3.8, 4) is 11.5 Å². The average Bonchev–Trinajstić information content (AvgIpc) is 2.74. The van der Waals surface area contributed by atoms with Gasteiger partial charge in [-0.1, -0.05) is 56.0 Å². The van der Waals surface area contributed by atoms with E-state index < -0.39 is 15.4 Å². The zero-order valence-corrected chi connectivity index (χ0v) is 19.1. The van der Waals surface area contributed by atoms with Crippen LogP contribution in [0.15, 0.2) is 85.2 Å². The lowest BCUT2D eigenvalue weighted by molar-refractivity contribution is 0.563. The van der Waals surface area contributed by atoms with Crippen LogP contribution in [-0.4, -0.2) is 13.1 Å². The van der Waals surface area contributed by atoms with Gasteiger partial charge in [0, 0.05) is 35.5 Å². The Hall–Kier alpha value is -2.44. The van der Waals surface area contributed by atoms with Crippen LogP contribution in [0.1, 0.15) is 18.0 Å². The molecule has 1 atom stereocenters. The first-order valence-electron chi connectivity index (χ1n) is 9.77. The molecule has 29 heavy (non-hydrogen) atoms. The van der Waals surface area contributed by atoms with E-state index in [1.807, 2.05) is 72.8 Å². The third-order valence-electron chi connectivity index (χ3n) is 4.46. The van der Waals surface area contributed by atoms with Crippen molar-refractivity contribution in [2.75, 3.05) is 0 Å². The maximum Gasteiger partial charge on any atom is 0.205 e. The van der Waals surface area contributed by atoms with E-state index in [2.05, 4.69) is 41.2 Å². The average molecular weight is 419 g/mol. The van der Waals surface area contributed by atoms with Gasteiger partial charge in [-0.25, -0.2) is 0 Å². The van der Waals surface area contributed by atoms with Crippen LogP contribution in [0.25, 0.3) is 0 Å². The van der Waals surface area contributed by atoms with E-state index in [4.69, 9.17) is 0 Å². The molecule has 0 saturated carbocycles. The Morgan fingerprint density at radius 3 is 1.90 bits per heavy atom. The summed E-state index contributed by atoms with van der Waals surface area (Å²) in [5.41, 5.74) is 4.47. The fourth-order valence-corrected chi connectivity index (χ4v) is 6.14. The van der Waals surface area contributed by atoms with E-state index in [-0.39, 0.29) is 6.04 Å². The largest absolute Gasteiger partial charge is 0.297 e. The van der Waals surface area contributed by atoms with Gasteiger partial charge < -0.3 is 0 Å². The van der Waals surface area contributed by atoms with Crippen molar-refractivity contribution >= 4 is 26.0 Å². The predicted molar refractivity (Wildman–Crippen MR) is 126 cm³/mol. The molecule has 148 valence electrons. The Labute approximate surface area is 175 Å². The molecular formula is C24H27N2OPSi. The van der Waals surface area contributed by atoms with Crippen molar-refractivity contribution in [1.29, 1.82) is 0 Å². The molecule has 0 fully saturated rings. The van der Waals surface area contributed by atoms with Crippen LogP contribution in [0, 0.1) is 11.5 Å². The van der Waals surface area contributed by atoms with Crippen LogP contribution in [-0.2, 0) is 4.57 Å². The second kappa shape index (κ2) is 9.37. The highest BCUT2D eigenvalue weighted by Gasteiger charge is 2.30. The van der Waals surface area contributed by atoms with Gasteiger partial charge in [0.2, 0.25) is 7.29 Å². The molecule has 1 heterocycles. The minimum absolute atomic E-state index is 0.159. The van der Waals surface area contributed by atoms with Gasteiger partial charge in [0.15, 0.2) is 0 Å². The molecule has 1 N–H and O–H groups in total. The van der Waals surface area contributed by atoms with Crippen LogP contribution >= 0.6 is 7.29 Å². The van der Waals surface area contributed by atoms with Gasteiger partial charge in [-0.05, 0) is 42.0 Å². The smallest absolute Gasteiger partial charge is 0.205 e. The van der Waals surface area contributed by atoms with Gasteiger partial charge in [-0.2, -0.15) is 0 Å². The zero-order valence-electron chi connectivity index (χ0n) is 17.2. The molecule has 0 aliphatic heterocycles. The number of aromatic nitrogens is 1. The van der Waals surface area contributed by atoms with Crippen LogP contribution in [0.5, 0.6) is 0 Å². The minimum atomic E-state index is -3.05. The lowest BCUT2D eigenvalue weighted by atomic mass is 10.1. The summed E-state index contributed by atoms with van der Waals surface area (Å²) in [5.74, 6) is 3.36. The highest BCUT2D eigenvalue weighted by atomic mass is 31.2. The molecule has 3 rings (SSSR count). The van der Waals surface area contributed by atoms with Gasteiger partial charge in [0.1, 0.15) is 8.07 Å². The monoisotopic (exact) mass is 418 g/mol. The van der Waals surface area contributed by atoms with Gasteiger partial charge in [0.05, 0.1) is 0 Å². The van der Waals surface area contributed by atoms with Crippen molar-refractivity contribution in [3.63, 3.8) is 0 Å². The molecule has 0 aliphatic carbocycles. The SMILES string of the molecule is C[Si](C)(C)C#CC[C@H](NP(=O)(c1ccccc1)c1ccccc1)c1ccncc1. The summed E-state index contributed by atoms with van der Waals surface area (Å²) in [7, 11) is -4.54. The summed E-state index contributed by atoms with van der Waals surface area (Å²) in [5, 5.41) is 5.10. The highest BCUT2D eigenvalue weighted by molar-refractivity contribution is 7.76. The Kier molecular flexibility index (Phi) is 6.87. The fourth-order valence-electron chi connectivity index (χ4n) is 3.05. The second-order valence-electron chi connectivity index (χ2n) is 8.00. The molecule has 0 amide bonds. The van der Waals surface area contributed by atoms with Crippen LogP contribution in [0.4, 0.5) is 0 Å². The lowest BCUT2D eigenvalue weighted by Crippen LogP contribution is -2.30. The third kappa shape index (κ3) is 5.77. The normalized spacial score (nSPS) is 12.7. The number of hydrogen-bond donors (Lipinski definition) is 1. The standard InChI is InChI=1S/C24H27N2OPSi/c1-29(2,3)20-10-15-24(21-16-18-25-19-17-21)26-28(27,22-11-6-4-7-12-22)23-13-8-5-9-14-23/h4-9,11-14,16-19,24H,15H2,1-3H3,(H,26,27)/t24-/m0/s1. The van der Waals surface area contributed by atoms with Gasteiger partial charge in [0.25, 0.3) is 0 Å². The number of nitrogens with one attached hydrogen (secondary N) is 1. The number of pyridine rings is 1. The first-order chi connectivity index (χ1) is 13.9. The van der Waals surface area contributed by atoms with Crippen molar-refractivity contribution < 1.29 is 4.57 Å². The van der Waals surface area contributed by atoms with Crippen molar-refractivity contribution in [3.05, 3.63) is 90.8 Å². The molecule has 3 aromatic rings. The Bertz CT molecular complexity index is 979. The van der Waals surface area contributed by atoms with Crippen molar-refractivity contribution in [2.24, 2.45) is 0 Å². The molecule has 0 unspecified atom stereocenters. The second-order valence-corrected chi connectivity index (χ2v) is 15.3. The van der Waals surface area contributed by atoms with Gasteiger partial charge in [-0.15, -0.1) is 11.5 Å². The Morgan fingerprint density at radius 2 is 1.41 bits per heavy atom. The van der Waals surface area contributed by atoms with E-state index >= 15 is 0 Å². The molecule has 5 heteroatoms. The molecule has 2 aromatic carbocycles. The highest BCUT2D eigenvalue weighted by Crippen LogP contribution is 2.42. The van der Waals surface area contributed by atoms with Crippen LogP contribution < -0.4 is 15.7 Å². The van der Waals surface area contributed by atoms with Gasteiger partial charge >= 0.3 is 0 Å². The fraction of sp³-hybridized carbons (Fsp3) is 0.208. The molecule has 3 nitrogen and oxygen atoms in total. The first-order valence-corrected chi connectivity index (χ1v) is 15.0. The topological polar surface area (TPSA) is 42.0 Å². The van der Waals surface area contributed by atoms with Crippen LogP contribution in [0.3, 0.4) is 0 Å². The quantitative estimate of drug-likeness (QED) is 0.351. The predicted octanol–water partition coefficient (Wildman–Crippen LogP) is 4.91. The molecule has 0 radical (unpaired) electrons. The molecule has 1 aromatic heterocycles. The Balaban J connectivity index is 2.03. The third-order valence-corrected chi connectivity index (χ3v) is 8.11. The zero-order chi connectivity index (χ0) is 20.7. The maximum absolute atomic E-state index is 14.4.